The Morgan fingerprint density at radius 3 is 1.09 bits per heavy atom. The molecule has 0 radical (unpaired) electrons. The van der Waals surface area contributed by atoms with Gasteiger partial charge in [0.05, 0.1) is 16.7 Å². The summed E-state index contributed by atoms with van der Waals surface area (Å²) in [7, 11) is -2.87. The lowest BCUT2D eigenvalue weighted by atomic mass is 9.91. The van der Waals surface area contributed by atoms with E-state index in [1.807, 2.05) is 36.4 Å². The first kappa shape index (κ1) is 50.0. The third kappa shape index (κ3) is 8.86. The van der Waals surface area contributed by atoms with Crippen molar-refractivity contribution in [3.05, 3.63) is 288 Å². The molecule has 4 nitrogen and oxygen atoms in total. The number of aromatic nitrogens is 4. The van der Waals surface area contributed by atoms with Crippen molar-refractivity contribution in [1.82, 2.24) is 19.5 Å². The van der Waals surface area contributed by atoms with Crippen molar-refractivity contribution in [2.24, 2.45) is 0 Å². The van der Waals surface area contributed by atoms with E-state index < -0.39 is 8.07 Å². The van der Waals surface area contributed by atoms with Gasteiger partial charge in [-0.1, -0.05) is 230 Å². The predicted octanol–water partition coefficient (Wildman–Crippen LogP) is 16.2. The van der Waals surface area contributed by atoms with Crippen LogP contribution >= 0.6 is 0 Å². The maximum absolute atomic E-state index is 5.41. The summed E-state index contributed by atoms with van der Waals surface area (Å²) in [4.78, 5) is 16.0. The van der Waals surface area contributed by atoms with E-state index in [1.165, 1.54) is 87.2 Å². The Hall–Kier alpha value is -9.55. The van der Waals surface area contributed by atoms with Gasteiger partial charge in [-0.05, 0) is 154 Å². The fourth-order valence-corrected chi connectivity index (χ4v) is 17.7. The van der Waals surface area contributed by atoms with Crippen LogP contribution in [0.5, 0.6) is 0 Å². The van der Waals surface area contributed by atoms with Crippen molar-refractivity contribution >= 4 is 50.6 Å². The van der Waals surface area contributed by atoms with E-state index in [-0.39, 0.29) is 0 Å². The van der Waals surface area contributed by atoms with E-state index in [1.54, 1.807) is 0 Å². The Balaban J connectivity index is 1.11. The first-order valence-corrected chi connectivity index (χ1v) is 29.7. The molecule has 0 saturated carbocycles. The molecule has 80 heavy (non-hydrogen) atoms. The zero-order valence-electron chi connectivity index (χ0n) is 46.0. The van der Waals surface area contributed by atoms with Crippen LogP contribution in [0.1, 0.15) is 33.4 Å². The van der Waals surface area contributed by atoms with Gasteiger partial charge in [-0.15, -0.1) is 0 Å². The average Bonchev–Trinajstić information content (AvgIpc) is 3.86. The van der Waals surface area contributed by atoms with Crippen LogP contribution in [0.25, 0.3) is 95.0 Å². The van der Waals surface area contributed by atoms with E-state index in [0.717, 1.165) is 44.5 Å². The first-order valence-electron chi connectivity index (χ1n) is 27.7. The van der Waals surface area contributed by atoms with Crippen LogP contribution in [0, 0.1) is 41.5 Å². The van der Waals surface area contributed by atoms with Crippen LogP contribution < -0.4 is 20.7 Å². The topological polar surface area (TPSA) is 43.6 Å². The second kappa shape index (κ2) is 20.7. The van der Waals surface area contributed by atoms with Gasteiger partial charge in [0.1, 0.15) is 0 Å². The van der Waals surface area contributed by atoms with Gasteiger partial charge < -0.3 is 4.57 Å². The average molecular weight is 1050 g/mol. The van der Waals surface area contributed by atoms with Crippen LogP contribution in [-0.2, 0) is 0 Å². The first-order chi connectivity index (χ1) is 39.1. The molecule has 13 rings (SSSR count). The Kier molecular flexibility index (Phi) is 12.9. The van der Waals surface area contributed by atoms with Crippen LogP contribution in [0.3, 0.4) is 0 Å². The molecule has 13 aromatic rings. The Labute approximate surface area is 470 Å². The Morgan fingerprint density at radius 1 is 0.287 bits per heavy atom. The molecular formula is C75H60N4Si. The number of hydrogen-bond acceptors (Lipinski definition) is 3. The van der Waals surface area contributed by atoms with E-state index >= 15 is 0 Å². The summed E-state index contributed by atoms with van der Waals surface area (Å²) in [6.07, 6.45) is 0. The molecule has 0 saturated heterocycles. The molecule has 0 unspecified atom stereocenters. The largest absolute Gasteiger partial charge is 0.308 e. The molecule has 5 heteroatoms. The van der Waals surface area contributed by atoms with Crippen LogP contribution in [0.2, 0.25) is 0 Å². The summed E-state index contributed by atoms with van der Waals surface area (Å²) >= 11 is 0. The fourth-order valence-electron chi connectivity index (χ4n) is 12.9. The van der Waals surface area contributed by atoms with E-state index in [0.29, 0.717) is 17.5 Å². The van der Waals surface area contributed by atoms with Gasteiger partial charge in [-0.25, -0.2) is 15.0 Å². The van der Waals surface area contributed by atoms with Gasteiger partial charge in [0, 0.05) is 27.5 Å². The molecule has 0 aliphatic rings. The van der Waals surface area contributed by atoms with E-state index in [2.05, 4.69) is 264 Å². The maximum atomic E-state index is 5.41. The third-order valence-electron chi connectivity index (χ3n) is 16.1. The number of aryl methyl sites for hydroxylation is 6. The van der Waals surface area contributed by atoms with E-state index in [4.69, 9.17) is 15.0 Å². The Bertz CT molecular complexity index is 4140. The van der Waals surface area contributed by atoms with E-state index in [9.17, 15) is 0 Å². The molecule has 0 aliphatic heterocycles. The van der Waals surface area contributed by atoms with Crippen molar-refractivity contribution in [1.29, 1.82) is 0 Å². The highest BCUT2D eigenvalue weighted by atomic mass is 28.3. The second-order valence-electron chi connectivity index (χ2n) is 21.5. The zero-order valence-corrected chi connectivity index (χ0v) is 47.0. The van der Waals surface area contributed by atoms with Crippen LogP contribution in [-0.4, -0.2) is 27.6 Å². The lowest BCUT2D eigenvalue weighted by Crippen LogP contribution is -2.74. The van der Waals surface area contributed by atoms with Gasteiger partial charge in [-0.2, -0.15) is 0 Å². The molecule has 0 aliphatic carbocycles. The molecule has 0 spiro atoms. The minimum atomic E-state index is -2.87. The second-order valence-corrected chi connectivity index (χ2v) is 25.4. The van der Waals surface area contributed by atoms with Crippen molar-refractivity contribution in [2.75, 3.05) is 0 Å². The molecule has 11 aromatic carbocycles. The molecule has 384 valence electrons. The predicted molar refractivity (Wildman–Crippen MR) is 339 cm³/mol. The lowest BCUT2D eigenvalue weighted by molar-refractivity contribution is 1.06. The number of hydrogen-bond donors (Lipinski definition) is 0. The monoisotopic (exact) mass is 1040 g/mol. The smallest absolute Gasteiger partial charge is 0.179 e. The summed E-state index contributed by atoms with van der Waals surface area (Å²) < 4.78 is 2.47. The summed E-state index contributed by atoms with van der Waals surface area (Å²) in [5.74, 6) is 1.83. The molecule has 0 amide bonds. The van der Waals surface area contributed by atoms with Crippen molar-refractivity contribution in [3.63, 3.8) is 0 Å². The third-order valence-corrected chi connectivity index (χ3v) is 20.9. The summed E-state index contributed by atoms with van der Waals surface area (Å²) in [6.45, 7) is 13.3. The van der Waals surface area contributed by atoms with Gasteiger partial charge >= 0.3 is 0 Å². The van der Waals surface area contributed by atoms with Crippen LogP contribution in [0.15, 0.2) is 255 Å². The molecule has 0 N–H and O–H groups in total. The normalized spacial score (nSPS) is 11.6. The minimum absolute atomic E-state index is 0.594. The Morgan fingerprint density at radius 2 is 0.650 bits per heavy atom. The maximum Gasteiger partial charge on any atom is 0.179 e. The highest BCUT2D eigenvalue weighted by Crippen LogP contribution is 2.43. The van der Waals surface area contributed by atoms with Gasteiger partial charge in [0.25, 0.3) is 0 Å². The zero-order chi connectivity index (χ0) is 54.5. The number of fused-ring (bicyclic) bond motifs is 3. The molecule has 0 bridgehead atoms. The minimum Gasteiger partial charge on any atom is -0.308 e. The number of benzene rings is 11. The van der Waals surface area contributed by atoms with Crippen LogP contribution in [0.4, 0.5) is 0 Å². The van der Waals surface area contributed by atoms with Crippen molar-refractivity contribution < 1.29 is 0 Å². The van der Waals surface area contributed by atoms with Crippen molar-refractivity contribution in [3.8, 4) is 73.2 Å². The molecule has 0 atom stereocenters. The quantitative estimate of drug-likeness (QED) is 0.0958. The number of rotatable bonds is 11. The molecule has 2 aromatic heterocycles. The lowest BCUT2D eigenvalue weighted by Gasteiger charge is -2.34. The summed E-state index contributed by atoms with van der Waals surface area (Å²) in [5.41, 5.74) is 20.7. The van der Waals surface area contributed by atoms with Crippen molar-refractivity contribution in [2.45, 2.75) is 41.5 Å². The fraction of sp³-hybridized carbons (Fsp3) is 0.0800. The SMILES string of the molecule is Cc1cc(C)c(-c2ccc3c(c2)c2cc(-c4c(C)cc(C)cc4C)ccc2n3-c2cc(-c3cccc([Si](c4ccccc4)(c4ccccc4)c4ccccc4)c3)ccc2-c2nc(-c3ccccc3)nc(-c3ccccc3)n2)c(C)c1. The summed E-state index contributed by atoms with van der Waals surface area (Å²) in [5, 5.41) is 7.66. The molecule has 2 heterocycles. The highest BCUT2D eigenvalue weighted by Gasteiger charge is 2.41. The molecule has 0 fully saturated rings. The summed E-state index contributed by atoms with van der Waals surface area (Å²) in [6, 6.07) is 93.6. The standard InChI is InChI=1S/C75H60N4Si/c1-49-41-51(3)71(52(4)42-49)59-36-39-68-66(46-59)67-47-60(72-53(5)43-50(2)44-54(72)6)37-40-69(67)79(68)70-48-58(35-38-65(70)75-77-73(55-23-12-7-13-24-55)76-74(78-75)56-25-14-8-15-26-56)57-27-22-34-64(45-57)80(61-28-16-9-17-29-61,62-30-18-10-19-31-62)63-32-20-11-21-33-63/h7-48H,1-6H3. The van der Waals surface area contributed by atoms with Gasteiger partial charge in [-0.3, -0.25) is 0 Å². The van der Waals surface area contributed by atoms with Gasteiger partial charge in [0.15, 0.2) is 25.5 Å². The van der Waals surface area contributed by atoms with Gasteiger partial charge in [0.2, 0.25) is 0 Å². The number of nitrogens with zero attached hydrogens (tertiary/aromatic N) is 4. The molecular weight excluding hydrogens is 985 g/mol. The highest BCUT2D eigenvalue weighted by molar-refractivity contribution is 7.19.